The first kappa shape index (κ1) is 16.8. The van der Waals surface area contributed by atoms with Gasteiger partial charge in [-0.1, -0.05) is 42.5 Å². The highest BCUT2D eigenvalue weighted by atomic mass is 79.9. The summed E-state index contributed by atoms with van der Waals surface area (Å²) < 4.78 is 1.02. The van der Waals surface area contributed by atoms with Crippen LogP contribution in [0.15, 0.2) is 59.2 Å². The van der Waals surface area contributed by atoms with E-state index in [2.05, 4.69) is 95.4 Å². The molecule has 134 valence electrons. The Kier molecular flexibility index (Phi) is 3.98. The van der Waals surface area contributed by atoms with E-state index in [-0.39, 0.29) is 0 Å². The topological polar surface area (TPSA) is 15.8 Å². The molecule has 1 atom stereocenters. The zero-order valence-electron chi connectivity index (χ0n) is 15.6. The summed E-state index contributed by atoms with van der Waals surface area (Å²) in [5, 5.41) is 4.10. The summed E-state index contributed by atoms with van der Waals surface area (Å²) in [7, 11) is 0. The predicted molar refractivity (Wildman–Crippen MR) is 120 cm³/mol. The van der Waals surface area contributed by atoms with Gasteiger partial charge in [-0.3, -0.25) is 0 Å². The number of rotatable bonds is 3. The number of aryl methyl sites for hydroxylation is 3. The van der Waals surface area contributed by atoms with Gasteiger partial charge >= 0.3 is 0 Å². The van der Waals surface area contributed by atoms with E-state index in [0.29, 0.717) is 5.92 Å². The summed E-state index contributed by atoms with van der Waals surface area (Å²) in [5.41, 5.74) is 8.34. The van der Waals surface area contributed by atoms with Crippen LogP contribution in [0.2, 0.25) is 0 Å². The number of halogens is 1. The van der Waals surface area contributed by atoms with Gasteiger partial charge in [-0.15, -0.1) is 0 Å². The number of benzene rings is 2. The molecule has 1 aromatic heterocycles. The van der Waals surface area contributed by atoms with Gasteiger partial charge < -0.3 is 4.98 Å². The van der Waals surface area contributed by atoms with E-state index in [1.54, 1.807) is 0 Å². The molecule has 0 fully saturated rings. The van der Waals surface area contributed by atoms with Crippen LogP contribution < -0.4 is 0 Å². The van der Waals surface area contributed by atoms with Crippen LogP contribution in [0.3, 0.4) is 0 Å². The Bertz CT molecular complexity index is 1210. The number of hydrogen-bond acceptors (Lipinski definition) is 0. The van der Waals surface area contributed by atoms with Crippen LogP contribution in [0.5, 0.6) is 0 Å². The van der Waals surface area contributed by atoms with E-state index < -0.39 is 0 Å². The van der Waals surface area contributed by atoms with Crippen molar-refractivity contribution in [2.45, 2.75) is 32.6 Å². The van der Waals surface area contributed by atoms with Crippen molar-refractivity contribution in [2.75, 3.05) is 0 Å². The summed E-state index contributed by atoms with van der Waals surface area (Å²) in [6.07, 6.45) is 6.92. The highest BCUT2D eigenvalue weighted by Crippen LogP contribution is 2.37. The van der Waals surface area contributed by atoms with E-state index in [9.17, 15) is 0 Å². The highest BCUT2D eigenvalue weighted by Gasteiger charge is 2.18. The van der Waals surface area contributed by atoms with Gasteiger partial charge in [0, 0.05) is 16.8 Å². The van der Waals surface area contributed by atoms with Gasteiger partial charge in [0.05, 0.1) is 4.60 Å². The molecule has 1 aliphatic rings. The molecule has 3 aromatic carbocycles. The molecule has 2 heteroatoms. The molecular formula is C25H22BrN. The fourth-order valence-corrected chi connectivity index (χ4v) is 5.00. The standard InChI is InChI=1S/C25H22BrN/c1-15-13-22-16(2)20-11-12-25(26)27-24(20)14-23(22)19(15)10-9-18-8-7-17-5-3-4-6-21(17)18/h3-8,11-14,18,27H,9-10H2,1-2H3. The van der Waals surface area contributed by atoms with Crippen LogP contribution in [0, 0.1) is 13.8 Å². The molecule has 1 heterocycles. The second kappa shape index (κ2) is 6.38. The minimum atomic E-state index is 0.535. The maximum atomic E-state index is 3.57. The van der Waals surface area contributed by atoms with E-state index in [1.165, 1.54) is 49.5 Å². The van der Waals surface area contributed by atoms with Gasteiger partial charge in [0.15, 0.2) is 0 Å². The van der Waals surface area contributed by atoms with Gasteiger partial charge in [0.2, 0.25) is 0 Å². The molecule has 0 amide bonds. The normalized spacial score (nSPS) is 15.7. The number of aromatic nitrogens is 1. The van der Waals surface area contributed by atoms with E-state index in [0.717, 1.165) is 17.4 Å². The molecular weight excluding hydrogens is 394 g/mol. The maximum Gasteiger partial charge on any atom is 0.0824 e. The van der Waals surface area contributed by atoms with Crippen molar-refractivity contribution in [1.29, 1.82) is 0 Å². The van der Waals surface area contributed by atoms with Gasteiger partial charge in [0.25, 0.3) is 0 Å². The number of pyridine rings is 1. The largest absolute Gasteiger partial charge is 0.349 e. The quantitative estimate of drug-likeness (QED) is 0.334. The number of aromatic amines is 1. The first-order valence-corrected chi connectivity index (χ1v) is 10.4. The van der Waals surface area contributed by atoms with Gasteiger partial charge in [-0.2, -0.15) is 0 Å². The summed E-state index contributed by atoms with van der Waals surface area (Å²) in [6, 6.07) is 17.8. The molecule has 1 nitrogen and oxygen atoms in total. The van der Waals surface area contributed by atoms with E-state index in [4.69, 9.17) is 0 Å². The second-order valence-corrected chi connectivity index (χ2v) is 8.52. The fraction of sp³-hybridized carbons (Fsp3) is 0.200. The Morgan fingerprint density at radius 3 is 2.70 bits per heavy atom. The lowest BCUT2D eigenvalue weighted by Gasteiger charge is -2.12. The molecule has 1 unspecified atom stereocenters. The molecule has 0 saturated carbocycles. The Balaban J connectivity index is 1.55. The Labute approximate surface area is 168 Å². The van der Waals surface area contributed by atoms with Gasteiger partial charge in [-0.05, 0) is 99.4 Å². The Morgan fingerprint density at radius 2 is 1.81 bits per heavy atom. The molecule has 0 radical (unpaired) electrons. The monoisotopic (exact) mass is 415 g/mol. The van der Waals surface area contributed by atoms with Gasteiger partial charge in [0.1, 0.15) is 0 Å². The van der Waals surface area contributed by atoms with Crippen LogP contribution >= 0.6 is 15.9 Å². The van der Waals surface area contributed by atoms with Crippen molar-refractivity contribution in [2.24, 2.45) is 0 Å². The maximum absolute atomic E-state index is 3.57. The molecule has 1 N–H and O–H groups in total. The highest BCUT2D eigenvalue weighted by molar-refractivity contribution is 9.10. The van der Waals surface area contributed by atoms with Crippen LogP contribution in [0.4, 0.5) is 0 Å². The third-order valence-electron chi connectivity index (χ3n) is 6.10. The number of allylic oxidation sites excluding steroid dienone is 1. The molecule has 0 bridgehead atoms. The summed E-state index contributed by atoms with van der Waals surface area (Å²) in [5.74, 6) is 0.535. The molecule has 4 aromatic rings. The Hall–Kier alpha value is -2.32. The van der Waals surface area contributed by atoms with Crippen LogP contribution in [0.1, 0.15) is 40.2 Å². The lowest BCUT2D eigenvalue weighted by Crippen LogP contribution is -1.97. The van der Waals surface area contributed by atoms with Crippen LogP contribution in [0.25, 0.3) is 27.8 Å². The zero-order chi connectivity index (χ0) is 18.5. The second-order valence-electron chi connectivity index (χ2n) is 7.67. The van der Waals surface area contributed by atoms with Crippen LogP contribution in [-0.4, -0.2) is 4.98 Å². The summed E-state index contributed by atoms with van der Waals surface area (Å²) in [6.45, 7) is 4.50. The van der Waals surface area contributed by atoms with E-state index in [1.807, 2.05) is 0 Å². The predicted octanol–water partition coefficient (Wildman–Crippen LogP) is 7.44. The number of fused-ring (bicyclic) bond motifs is 3. The molecule has 27 heavy (non-hydrogen) atoms. The SMILES string of the molecule is Cc1cc2c(C)c3ccc(Br)[nH]c3cc2c1CCC1C=Cc2ccccc21. The van der Waals surface area contributed by atoms with Crippen molar-refractivity contribution in [3.63, 3.8) is 0 Å². The smallest absolute Gasteiger partial charge is 0.0824 e. The Morgan fingerprint density at radius 1 is 0.963 bits per heavy atom. The van der Waals surface area contributed by atoms with E-state index >= 15 is 0 Å². The average molecular weight is 416 g/mol. The van der Waals surface area contributed by atoms with Crippen molar-refractivity contribution in [3.8, 4) is 0 Å². The minimum Gasteiger partial charge on any atom is -0.349 e. The van der Waals surface area contributed by atoms with Gasteiger partial charge in [-0.25, -0.2) is 0 Å². The average Bonchev–Trinajstić information content (AvgIpc) is 3.21. The molecule has 0 aliphatic heterocycles. The number of hydrogen-bond donors (Lipinski definition) is 1. The lowest BCUT2D eigenvalue weighted by molar-refractivity contribution is 0.746. The molecule has 5 rings (SSSR count). The van der Waals surface area contributed by atoms with Crippen molar-refractivity contribution in [1.82, 2.24) is 4.98 Å². The molecule has 0 spiro atoms. The summed E-state index contributed by atoms with van der Waals surface area (Å²) >= 11 is 3.57. The molecule has 1 aliphatic carbocycles. The third-order valence-corrected chi connectivity index (χ3v) is 6.56. The number of nitrogens with one attached hydrogen (secondary N) is 1. The minimum absolute atomic E-state index is 0.535. The zero-order valence-corrected chi connectivity index (χ0v) is 17.2. The first-order valence-electron chi connectivity index (χ1n) is 9.59. The lowest BCUT2D eigenvalue weighted by atomic mass is 9.92. The first-order chi connectivity index (χ1) is 13.1. The van der Waals surface area contributed by atoms with Crippen molar-refractivity contribution < 1.29 is 0 Å². The van der Waals surface area contributed by atoms with Crippen LogP contribution in [-0.2, 0) is 6.42 Å². The van der Waals surface area contributed by atoms with Crippen molar-refractivity contribution in [3.05, 3.63) is 87.0 Å². The van der Waals surface area contributed by atoms with Crippen molar-refractivity contribution >= 4 is 43.7 Å². The number of H-pyrrole nitrogens is 1. The fourth-order valence-electron chi connectivity index (χ4n) is 4.65. The summed E-state index contributed by atoms with van der Waals surface area (Å²) in [4.78, 5) is 3.47. The molecule has 0 saturated heterocycles. The third kappa shape index (κ3) is 2.74.